The van der Waals surface area contributed by atoms with E-state index in [1.165, 1.54) is 0 Å². The summed E-state index contributed by atoms with van der Waals surface area (Å²) in [5.74, 6) is -1.63. The fraction of sp³-hybridized carbons (Fsp3) is 0.222. The molecule has 24 heavy (non-hydrogen) atoms. The first-order chi connectivity index (χ1) is 11.6. The molecule has 0 aliphatic carbocycles. The summed E-state index contributed by atoms with van der Waals surface area (Å²) in [5.41, 5.74) is 1.02. The molecule has 0 spiro atoms. The number of carbonyl (C=O) groups excluding carboxylic acids is 2. The van der Waals surface area contributed by atoms with Gasteiger partial charge in [-0.15, -0.1) is 0 Å². The first-order valence-corrected chi connectivity index (χ1v) is 7.30. The Morgan fingerprint density at radius 2 is 1.12 bits per heavy atom. The van der Waals surface area contributed by atoms with E-state index in [0.29, 0.717) is 22.6 Å². The van der Waals surface area contributed by atoms with Crippen LogP contribution in [0.25, 0.3) is 0 Å². The maximum absolute atomic E-state index is 11.9. The molecule has 0 saturated carbocycles. The first kappa shape index (κ1) is 15.9. The van der Waals surface area contributed by atoms with Crippen LogP contribution >= 0.6 is 0 Å². The second-order valence-corrected chi connectivity index (χ2v) is 5.20. The van der Waals surface area contributed by atoms with E-state index in [-0.39, 0.29) is 0 Å². The smallest absolute Gasteiger partial charge is 0.320 e. The van der Waals surface area contributed by atoms with E-state index in [1.54, 1.807) is 62.8 Å². The second-order valence-electron chi connectivity index (χ2n) is 5.20. The number of esters is 2. The van der Waals surface area contributed by atoms with Crippen LogP contribution < -0.4 is 9.47 Å². The molecule has 0 amide bonds. The number of hydrogen-bond donors (Lipinski definition) is 0. The molecule has 0 aromatic heterocycles. The predicted octanol–water partition coefficient (Wildman–Crippen LogP) is 2.40. The summed E-state index contributed by atoms with van der Waals surface area (Å²) in [6.07, 6.45) is -0.409. The molecule has 0 bridgehead atoms. The normalized spacial score (nSPS) is 16.1. The minimum Gasteiger partial charge on any atom is -0.497 e. The third kappa shape index (κ3) is 2.78. The maximum atomic E-state index is 11.9. The summed E-state index contributed by atoms with van der Waals surface area (Å²) in [7, 11) is 3.10. The minimum absolute atomic E-state index is 0.409. The van der Waals surface area contributed by atoms with Gasteiger partial charge in [-0.2, -0.15) is 0 Å². The Balaban J connectivity index is 2.11. The Morgan fingerprint density at radius 3 is 1.46 bits per heavy atom. The lowest BCUT2D eigenvalue weighted by Crippen LogP contribution is -2.43. The lowest BCUT2D eigenvalue weighted by molar-refractivity contribution is -0.234. The highest BCUT2D eigenvalue weighted by molar-refractivity contribution is 5.93. The molecule has 1 aliphatic rings. The highest BCUT2D eigenvalue weighted by atomic mass is 16.7. The topological polar surface area (TPSA) is 71.1 Å². The van der Waals surface area contributed by atoms with Crippen LogP contribution in [0.5, 0.6) is 11.5 Å². The van der Waals surface area contributed by atoms with Crippen molar-refractivity contribution in [3.8, 4) is 11.5 Å². The predicted molar refractivity (Wildman–Crippen MR) is 83.6 cm³/mol. The standard InChI is InChI=1S/C18H16O6/c1-21-14-7-3-12(4-8-14)18(23-16(19)11-17(20)24-18)13-5-9-15(22-2)10-6-13/h3-10H,11H2,1-2H3. The minimum atomic E-state index is -1.62. The van der Waals surface area contributed by atoms with Crippen molar-refractivity contribution in [2.45, 2.75) is 12.2 Å². The van der Waals surface area contributed by atoms with Crippen LogP contribution in [0.3, 0.4) is 0 Å². The summed E-state index contributed by atoms with van der Waals surface area (Å²) in [6.45, 7) is 0. The molecule has 0 unspecified atom stereocenters. The van der Waals surface area contributed by atoms with Crippen molar-refractivity contribution in [1.29, 1.82) is 0 Å². The molecule has 1 aliphatic heterocycles. The number of methoxy groups -OCH3 is 2. The van der Waals surface area contributed by atoms with Crippen molar-refractivity contribution < 1.29 is 28.5 Å². The van der Waals surface area contributed by atoms with Gasteiger partial charge in [0.05, 0.1) is 14.2 Å². The van der Waals surface area contributed by atoms with Crippen LogP contribution in [-0.2, 0) is 24.8 Å². The average Bonchev–Trinajstić information content (AvgIpc) is 2.61. The molecule has 3 rings (SSSR count). The van der Waals surface area contributed by atoms with Crippen molar-refractivity contribution in [2.24, 2.45) is 0 Å². The van der Waals surface area contributed by atoms with Gasteiger partial charge in [0.25, 0.3) is 0 Å². The Bertz CT molecular complexity index is 683. The number of rotatable bonds is 4. The van der Waals surface area contributed by atoms with Gasteiger partial charge in [0.15, 0.2) is 0 Å². The molecule has 0 radical (unpaired) electrons. The summed E-state index contributed by atoms with van der Waals surface area (Å²) in [6, 6.07) is 13.6. The molecule has 6 heteroatoms. The summed E-state index contributed by atoms with van der Waals surface area (Å²) < 4.78 is 21.3. The Kier molecular flexibility index (Phi) is 4.12. The molecular weight excluding hydrogens is 312 g/mol. The summed E-state index contributed by atoms with van der Waals surface area (Å²) in [4.78, 5) is 23.8. The zero-order valence-electron chi connectivity index (χ0n) is 13.3. The van der Waals surface area contributed by atoms with E-state index in [0.717, 1.165) is 0 Å². The van der Waals surface area contributed by atoms with Crippen molar-refractivity contribution in [2.75, 3.05) is 14.2 Å². The van der Waals surface area contributed by atoms with Gasteiger partial charge in [-0.25, -0.2) is 0 Å². The highest BCUT2D eigenvalue weighted by Crippen LogP contribution is 2.39. The van der Waals surface area contributed by atoms with Crippen LogP contribution in [0.15, 0.2) is 48.5 Å². The van der Waals surface area contributed by atoms with E-state index in [4.69, 9.17) is 18.9 Å². The lowest BCUT2D eigenvalue weighted by atomic mass is 9.96. The van der Waals surface area contributed by atoms with Crippen molar-refractivity contribution in [1.82, 2.24) is 0 Å². The highest BCUT2D eigenvalue weighted by Gasteiger charge is 2.47. The SMILES string of the molecule is COc1ccc(C2(c3ccc(OC)cc3)OC(=O)CC(=O)O2)cc1. The van der Waals surface area contributed by atoms with Crippen molar-refractivity contribution in [3.05, 3.63) is 59.7 Å². The number of hydrogen-bond acceptors (Lipinski definition) is 6. The fourth-order valence-electron chi connectivity index (χ4n) is 2.55. The number of cyclic esters (lactones) is 2. The van der Waals surface area contributed by atoms with Gasteiger partial charge in [-0.1, -0.05) is 0 Å². The van der Waals surface area contributed by atoms with Gasteiger partial charge < -0.3 is 18.9 Å². The molecule has 1 saturated heterocycles. The number of benzene rings is 2. The van der Waals surface area contributed by atoms with Crippen LogP contribution in [-0.4, -0.2) is 26.2 Å². The number of carbonyl (C=O) groups is 2. The zero-order chi connectivity index (χ0) is 17.2. The molecule has 2 aromatic rings. The third-order valence-corrected chi connectivity index (χ3v) is 3.74. The molecule has 1 fully saturated rings. The monoisotopic (exact) mass is 328 g/mol. The molecule has 2 aromatic carbocycles. The van der Waals surface area contributed by atoms with Crippen LogP contribution in [0.2, 0.25) is 0 Å². The van der Waals surface area contributed by atoms with Gasteiger partial charge in [0, 0.05) is 11.1 Å². The van der Waals surface area contributed by atoms with Crippen LogP contribution in [0.4, 0.5) is 0 Å². The van der Waals surface area contributed by atoms with E-state index in [2.05, 4.69) is 0 Å². The van der Waals surface area contributed by atoms with Gasteiger partial charge in [0.1, 0.15) is 17.9 Å². The fourth-order valence-corrected chi connectivity index (χ4v) is 2.55. The van der Waals surface area contributed by atoms with Crippen molar-refractivity contribution in [3.63, 3.8) is 0 Å². The van der Waals surface area contributed by atoms with Crippen molar-refractivity contribution >= 4 is 11.9 Å². The Morgan fingerprint density at radius 1 is 0.750 bits per heavy atom. The largest absolute Gasteiger partial charge is 0.497 e. The molecule has 6 nitrogen and oxygen atoms in total. The molecule has 0 atom stereocenters. The van der Waals surface area contributed by atoms with Crippen LogP contribution in [0, 0.1) is 0 Å². The van der Waals surface area contributed by atoms with Gasteiger partial charge in [-0.3, -0.25) is 9.59 Å². The maximum Gasteiger partial charge on any atom is 0.320 e. The summed E-state index contributed by atoms with van der Waals surface area (Å²) >= 11 is 0. The number of ether oxygens (including phenoxy) is 4. The average molecular weight is 328 g/mol. The first-order valence-electron chi connectivity index (χ1n) is 7.30. The van der Waals surface area contributed by atoms with E-state index in [1.807, 2.05) is 0 Å². The third-order valence-electron chi connectivity index (χ3n) is 3.74. The molecule has 1 heterocycles. The summed E-state index contributed by atoms with van der Waals surface area (Å²) in [5, 5.41) is 0. The quantitative estimate of drug-likeness (QED) is 0.634. The molecular formula is C18H16O6. The Labute approximate surface area is 138 Å². The van der Waals surface area contributed by atoms with Crippen LogP contribution in [0.1, 0.15) is 17.5 Å². The lowest BCUT2D eigenvalue weighted by Gasteiger charge is -2.36. The van der Waals surface area contributed by atoms with Gasteiger partial charge >= 0.3 is 17.7 Å². The van der Waals surface area contributed by atoms with Gasteiger partial charge in [0.2, 0.25) is 0 Å². The molecule has 0 N–H and O–H groups in total. The van der Waals surface area contributed by atoms with E-state index < -0.39 is 24.1 Å². The zero-order valence-corrected chi connectivity index (χ0v) is 13.3. The Hall–Kier alpha value is -3.02. The second kappa shape index (κ2) is 6.23. The van der Waals surface area contributed by atoms with E-state index in [9.17, 15) is 9.59 Å². The van der Waals surface area contributed by atoms with E-state index >= 15 is 0 Å². The van der Waals surface area contributed by atoms with Gasteiger partial charge in [-0.05, 0) is 48.5 Å². The molecule has 124 valence electrons.